The summed E-state index contributed by atoms with van der Waals surface area (Å²) in [5, 5.41) is 8.88. The molecule has 2 heterocycles. The molecule has 124 valence electrons. The number of hydrogen-bond donors (Lipinski definition) is 1. The number of amides is 1. The molecule has 1 aromatic carbocycles. The molecule has 0 bridgehead atoms. The number of furan rings is 1. The van der Waals surface area contributed by atoms with E-state index in [1.807, 2.05) is 47.0 Å². The number of nitrogens with zero attached hydrogens (tertiary/aromatic N) is 3. The van der Waals surface area contributed by atoms with Crippen LogP contribution in [0, 0.1) is 0 Å². The molecule has 0 aliphatic carbocycles. The molecule has 0 saturated heterocycles. The lowest BCUT2D eigenvalue weighted by molar-refractivity contribution is -0.115. The first-order valence-electron chi connectivity index (χ1n) is 7.26. The van der Waals surface area contributed by atoms with Crippen molar-refractivity contribution in [3.05, 3.63) is 60.3 Å². The molecular weight excluding hydrogens is 328 g/mol. The molecule has 2 aromatic heterocycles. The van der Waals surface area contributed by atoms with Crippen LogP contribution < -0.4 is 10.5 Å². The van der Waals surface area contributed by atoms with E-state index in [2.05, 4.69) is 10.2 Å². The third kappa shape index (κ3) is 4.17. The second kappa shape index (κ2) is 7.69. The van der Waals surface area contributed by atoms with Crippen LogP contribution in [0.15, 0.2) is 58.3 Å². The number of nitrogens with two attached hydrogens (primary N) is 1. The standard InChI is InChI=1S/C16H16N4O3S/c17-14(21)11-24-16-19-18-15(10-23-12-5-2-1-3-6-12)20(16)9-13-7-4-8-22-13/h1-8H,9-11H2,(H2,17,21). The minimum Gasteiger partial charge on any atom is -0.486 e. The van der Waals surface area contributed by atoms with Crippen LogP contribution in [0.25, 0.3) is 0 Å². The van der Waals surface area contributed by atoms with Gasteiger partial charge in [-0.1, -0.05) is 30.0 Å². The first kappa shape index (κ1) is 16.1. The summed E-state index contributed by atoms with van der Waals surface area (Å²) in [4.78, 5) is 11.0. The Kier molecular flexibility index (Phi) is 5.17. The highest BCUT2D eigenvalue weighted by Gasteiger charge is 2.15. The first-order valence-corrected chi connectivity index (χ1v) is 8.24. The molecule has 3 aromatic rings. The second-order valence-electron chi connectivity index (χ2n) is 4.92. The minimum atomic E-state index is -0.408. The fourth-order valence-electron chi connectivity index (χ4n) is 2.05. The Morgan fingerprint density at radius 3 is 2.75 bits per heavy atom. The largest absolute Gasteiger partial charge is 0.486 e. The van der Waals surface area contributed by atoms with E-state index >= 15 is 0 Å². The average molecular weight is 344 g/mol. The number of carbonyl (C=O) groups excluding carboxylic acids is 1. The molecule has 24 heavy (non-hydrogen) atoms. The van der Waals surface area contributed by atoms with Gasteiger partial charge in [-0.25, -0.2) is 0 Å². The number of ether oxygens (including phenoxy) is 1. The average Bonchev–Trinajstić information content (AvgIpc) is 3.23. The smallest absolute Gasteiger partial charge is 0.227 e. The molecule has 8 heteroatoms. The predicted molar refractivity (Wildman–Crippen MR) is 88.5 cm³/mol. The highest BCUT2D eigenvalue weighted by molar-refractivity contribution is 7.99. The van der Waals surface area contributed by atoms with Crippen LogP contribution in [0.5, 0.6) is 5.75 Å². The van der Waals surface area contributed by atoms with Gasteiger partial charge in [0.1, 0.15) is 18.1 Å². The van der Waals surface area contributed by atoms with E-state index in [9.17, 15) is 4.79 Å². The van der Waals surface area contributed by atoms with Crippen molar-refractivity contribution < 1.29 is 13.9 Å². The number of aromatic nitrogens is 3. The summed E-state index contributed by atoms with van der Waals surface area (Å²) in [7, 11) is 0. The van der Waals surface area contributed by atoms with Crippen LogP contribution in [-0.4, -0.2) is 26.4 Å². The van der Waals surface area contributed by atoms with Crippen LogP contribution in [0.4, 0.5) is 0 Å². The molecule has 0 spiro atoms. The van der Waals surface area contributed by atoms with Crippen molar-refractivity contribution in [1.82, 2.24) is 14.8 Å². The van der Waals surface area contributed by atoms with E-state index in [0.717, 1.165) is 11.5 Å². The number of hydrogen-bond acceptors (Lipinski definition) is 6. The topological polar surface area (TPSA) is 96.2 Å². The maximum Gasteiger partial charge on any atom is 0.227 e. The summed E-state index contributed by atoms with van der Waals surface area (Å²) < 4.78 is 13.0. The third-order valence-electron chi connectivity index (χ3n) is 3.14. The van der Waals surface area contributed by atoms with Crippen molar-refractivity contribution in [2.24, 2.45) is 5.73 Å². The number of benzene rings is 1. The van der Waals surface area contributed by atoms with E-state index in [4.69, 9.17) is 14.9 Å². The van der Waals surface area contributed by atoms with Crippen molar-refractivity contribution in [2.75, 3.05) is 5.75 Å². The lowest BCUT2D eigenvalue weighted by Crippen LogP contribution is -2.14. The highest BCUT2D eigenvalue weighted by Crippen LogP contribution is 2.20. The SMILES string of the molecule is NC(=O)CSc1nnc(COc2ccccc2)n1Cc1ccco1. The number of para-hydroxylation sites is 1. The van der Waals surface area contributed by atoms with Gasteiger partial charge in [0.2, 0.25) is 5.91 Å². The van der Waals surface area contributed by atoms with Crippen LogP contribution in [0.3, 0.4) is 0 Å². The molecule has 0 unspecified atom stereocenters. The third-order valence-corrected chi connectivity index (χ3v) is 4.13. The van der Waals surface area contributed by atoms with Crippen LogP contribution >= 0.6 is 11.8 Å². The first-order chi connectivity index (χ1) is 11.7. The lowest BCUT2D eigenvalue weighted by atomic mass is 10.3. The van der Waals surface area contributed by atoms with Crippen LogP contribution in [-0.2, 0) is 17.9 Å². The van der Waals surface area contributed by atoms with Gasteiger partial charge in [-0.3, -0.25) is 9.36 Å². The molecule has 7 nitrogen and oxygen atoms in total. The van der Waals surface area contributed by atoms with E-state index in [-0.39, 0.29) is 12.4 Å². The molecule has 1 amide bonds. The van der Waals surface area contributed by atoms with E-state index in [1.165, 1.54) is 11.8 Å². The molecule has 0 aliphatic heterocycles. The Hall–Kier alpha value is -2.74. The van der Waals surface area contributed by atoms with Crippen LogP contribution in [0.1, 0.15) is 11.6 Å². The Bertz CT molecular complexity index is 787. The van der Waals surface area contributed by atoms with Gasteiger partial charge >= 0.3 is 0 Å². The molecule has 0 aliphatic rings. The zero-order chi connectivity index (χ0) is 16.8. The van der Waals surface area contributed by atoms with Crippen molar-refractivity contribution in [2.45, 2.75) is 18.3 Å². The fourth-order valence-corrected chi connectivity index (χ4v) is 2.75. The lowest BCUT2D eigenvalue weighted by Gasteiger charge is -2.09. The Balaban J connectivity index is 1.77. The molecule has 3 rings (SSSR count). The normalized spacial score (nSPS) is 10.7. The van der Waals surface area contributed by atoms with Crippen molar-refractivity contribution in [1.29, 1.82) is 0 Å². The van der Waals surface area contributed by atoms with Gasteiger partial charge in [0.05, 0.1) is 18.6 Å². The number of primary amides is 1. The Morgan fingerprint density at radius 1 is 1.21 bits per heavy atom. The molecule has 2 N–H and O–H groups in total. The molecule has 0 saturated carbocycles. The van der Waals surface area contributed by atoms with Gasteiger partial charge in [0.25, 0.3) is 0 Å². The summed E-state index contributed by atoms with van der Waals surface area (Å²) in [6.45, 7) is 0.712. The minimum absolute atomic E-state index is 0.135. The van der Waals surface area contributed by atoms with Gasteiger partial charge in [0, 0.05) is 0 Å². The quantitative estimate of drug-likeness (QED) is 0.629. The summed E-state index contributed by atoms with van der Waals surface area (Å²) in [5.74, 6) is 1.88. The van der Waals surface area contributed by atoms with Gasteiger partial charge in [-0.2, -0.15) is 0 Å². The van der Waals surface area contributed by atoms with Gasteiger partial charge in [-0.05, 0) is 24.3 Å². The summed E-state index contributed by atoms with van der Waals surface area (Å²) in [5.41, 5.74) is 5.21. The predicted octanol–water partition coefficient (Wildman–Crippen LogP) is 2.08. The second-order valence-corrected chi connectivity index (χ2v) is 5.86. The number of thioether (sulfide) groups is 1. The van der Waals surface area contributed by atoms with E-state index in [0.29, 0.717) is 17.5 Å². The summed E-state index contributed by atoms with van der Waals surface area (Å²) >= 11 is 1.24. The summed E-state index contributed by atoms with van der Waals surface area (Å²) in [6.07, 6.45) is 1.61. The highest BCUT2D eigenvalue weighted by atomic mass is 32.2. The van der Waals surface area contributed by atoms with Crippen molar-refractivity contribution in [3.8, 4) is 5.75 Å². The van der Waals surface area contributed by atoms with Gasteiger partial charge in [-0.15, -0.1) is 10.2 Å². The summed E-state index contributed by atoms with van der Waals surface area (Å²) in [6, 6.07) is 13.1. The monoisotopic (exact) mass is 344 g/mol. The fraction of sp³-hybridized carbons (Fsp3) is 0.188. The zero-order valence-corrected chi connectivity index (χ0v) is 13.6. The van der Waals surface area contributed by atoms with Crippen molar-refractivity contribution >= 4 is 17.7 Å². The number of rotatable bonds is 8. The van der Waals surface area contributed by atoms with Gasteiger partial charge < -0.3 is 14.9 Å². The maximum absolute atomic E-state index is 11.0. The van der Waals surface area contributed by atoms with Crippen LogP contribution in [0.2, 0.25) is 0 Å². The molecule has 0 atom stereocenters. The van der Waals surface area contributed by atoms with Crippen molar-refractivity contribution in [3.63, 3.8) is 0 Å². The zero-order valence-electron chi connectivity index (χ0n) is 12.8. The molecule has 0 radical (unpaired) electrons. The maximum atomic E-state index is 11.0. The van der Waals surface area contributed by atoms with E-state index in [1.54, 1.807) is 6.26 Å². The number of carbonyl (C=O) groups is 1. The Labute approximate surface area is 142 Å². The molecule has 0 fully saturated rings. The van der Waals surface area contributed by atoms with Gasteiger partial charge in [0.15, 0.2) is 11.0 Å². The van der Waals surface area contributed by atoms with E-state index < -0.39 is 5.91 Å². The Morgan fingerprint density at radius 2 is 2.04 bits per heavy atom. The molecular formula is C16H16N4O3S.